The first kappa shape index (κ1) is 93.9. The van der Waals surface area contributed by atoms with Crippen LogP contribution in [-0.2, 0) is 33.3 Å². The molecule has 9 nitrogen and oxygen atoms in total. The summed E-state index contributed by atoms with van der Waals surface area (Å²) in [5.74, 6) is -2.27. The summed E-state index contributed by atoms with van der Waals surface area (Å²) in [7, 11) is 5.94. The minimum absolute atomic E-state index is 0.146. The van der Waals surface area contributed by atoms with E-state index in [9.17, 15) is 19.5 Å². The van der Waals surface area contributed by atoms with Gasteiger partial charge >= 0.3 is 11.9 Å². The van der Waals surface area contributed by atoms with Gasteiger partial charge < -0.3 is 33.3 Å². The second-order valence-corrected chi connectivity index (χ2v) is 29.0. The van der Waals surface area contributed by atoms with Gasteiger partial charge in [-0.3, -0.25) is 9.59 Å². The third kappa shape index (κ3) is 79.3. The van der Waals surface area contributed by atoms with Crippen LogP contribution in [-0.4, -0.2) is 82.3 Å². The molecule has 0 aromatic carbocycles. The number of ether oxygens (including phenoxy) is 4. The summed E-state index contributed by atoms with van der Waals surface area (Å²) in [5, 5.41) is 11.9. The molecule has 98 heavy (non-hydrogen) atoms. The zero-order valence-electron chi connectivity index (χ0n) is 64.9. The Morgan fingerprint density at radius 1 is 0.316 bits per heavy atom. The van der Waals surface area contributed by atoms with E-state index in [0.717, 1.165) is 96.3 Å². The zero-order valence-corrected chi connectivity index (χ0v) is 64.9. The van der Waals surface area contributed by atoms with E-state index in [2.05, 4.69) is 123 Å². The van der Waals surface area contributed by atoms with E-state index in [1.54, 1.807) is 0 Å². The third-order valence-electron chi connectivity index (χ3n) is 18.3. The van der Waals surface area contributed by atoms with E-state index in [1.807, 2.05) is 21.1 Å². The molecule has 2 unspecified atom stereocenters. The van der Waals surface area contributed by atoms with Gasteiger partial charge in [0.2, 0.25) is 0 Å². The number of unbranched alkanes of at least 4 members (excludes halogenated alkanes) is 44. The topological polar surface area (TPSA) is 111 Å². The number of allylic oxidation sites excluding steroid dienone is 18. The van der Waals surface area contributed by atoms with Crippen molar-refractivity contribution >= 4 is 17.9 Å². The molecule has 2 atom stereocenters. The number of quaternary nitrogens is 1. The van der Waals surface area contributed by atoms with E-state index >= 15 is 0 Å². The van der Waals surface area contributed by atoms with Crippen LogP contribution in [0, 0.1) is 0 Å². The molecular formula is C89H157NO8. The maximum Gasteiger partial charge on any atom is 0.306 e. The van der Waals surface area contributed by atoms with Crippen molar-refractivity contribution < 1.29 is 42.9 Å². The van der Waals surface area contributed by atoms with Crippen LogP contribution in [0.15, 0.2) is 109 Å². The van der Waals surface area contributed by atoms with E-state index in [-0.39, 0.29) is 32.2 Å². The molecule has 0 amide bonds. The molecule has 0 fully saturated rings. The fourth-order valence-electron chi connectivity index (χ4n) is 12.0. The molecule has 0 radical (unpaired) electrons. The molecule has 9 heteroatoms. The summed E-state index contributed by atoms with van der Waals surface area (Å²) in [6.07, 6.45) is 108. The molecule has 0 rings (SSSR count). The molecule has 0 aromatic heterocycles. The van der Waals surface area contributed by atoms with Gasteiger partial charge in [-0.2, -0.15) is 0 Å². The zero-order chi connectivity index (χ0) is 71.1. The van der Waals surface area contributed by atoms with Gasteiger partial charge in [0.1, 0.15) is 13.2 Å². The second kappa shape index (κ2) is 78.7. The SMILES string of the molecule is CC/C=C\C/C=C\C/C=C\C/C=C\C/C=C\C/C=C\C/C=C\C/C=C\C/C=C\CCCCCCCCCCCCCCCC(=O)OC(COC(=O)CCCCCCCCCCCCCCCCCCCCCCCCCCCCCCCCCC)COC(OCC[N+](C)(C)C)C(=O)[O-]. The van der Waals surface area contributed by atoms with E-state index in [0.29, 0.717) is 23.9 Å². The van der Waals surface area contributed by atoms with Crippen molar-refractivity contribution in [2.45, 2.75) is 392 Å². The maximum atomic E-state index is 13.0. The van der Waals surface area contributed by atoms with Crippen molar-refractivity contribution in [3.63, 3.8) is 0 Å². The summed E-state index contributed by atoms with van der Waals surface area (Å²) >= 11 is 0. The van der Waals surface area contributed by atoms with Crippen LogP contribution >= 0.6 is 0 Å². The molecule has 0 N–H and O–H groups in total. The summed E-state index contributed by atoms with van der Waals surface area (Å²) in [6.45, 7) is 4.69. The summed E-state index contributed by atoms with van der Waals surface area (Å²) in [6, 6.07) is 0. The van der Waals surface area contributed by atoms with Crippen LogP contribution in [0.25, 0.3) is 0 Å². The molecule has 566 valence electrons. The highest BCUT2D eigenvalue weighted by Crippen LogP contribution is 2.19. The fourth-order valence-corrected chi connectivity index (χ4v) is 12.0. The number of aliphatic carboxylic acids is 1. The minimum Gasteiger partial charge on any atom is -0.545 e. The predicted octanol–water partition coefficient (Wildman–Crippen LogP) is 25.5. The summed E-state index contributed by atoms with van der Waals surface area (Å²) in [5.41, 5.74) is 0. The highest BCUT2D eigenvalue weighted by molar-refractivity contribution is 5.70. The van der Waals surface area contributed by atoms with Crippen molar-refractivity contribution in [3.05, 3.63) is 109 Å². The Balaban J connectivity index is 4.02. The first-order valence-electron chi connectivity index (χ1n) is 41.5. The summed E-state index contributed by atoms with van der Waals surface area (Å²) in [4.78, 5) is 37.6. The molecule has 0 saturated heterocycles. The Morgan fingerprint density at radius 2 is 0.582 bits per heavy atom. The van der Waals surface area contributed by atoms with Crippen molar-refractivity contribution in [1.82, 2.24) is 0 Å². The molecule has 0 aliphatic rings. The Labute approximate surface area is 606 Å². The van der Waals surface area contributed by atoms with Gasteiger partial charge in [0.25, 0.3) is 0 Å². The van der Waals surface area contributed by atoms with Gasteiger partial charge in [-0.25, -0.2) is 0 Å². The van der Waals surface area contributed by atoms with Gasteiger partial charge in [-0.1, -0.05) is 393 Å². The van der Waals surface area contributed by atoms with Gasteiger partial charge in [-0.15, -0.1) is 0 Å². The minimum atomic E-state index is -1.63. The number of nitrogens with zero attached hydrogens (tertiary/aromatic N) is 1. The van der Waals surface area contributed by atoms with Gasteiger partial charge in [0.15, 0.2) is 12.4 Å². The monoisotopic (exact) mass is 1370 g/mol. The molecule has 0 aliphatic heterocycles. The first-order chi connectivity index (χ1) is 48.1. The molecule has 0 aromatic rings. The van der Waals surface area contributed by atoms with Crippen molar-refractivity contribution in [2.24, 2.45) is 0 Å². The number of carbonyl (C=O) groups excluding carboxylic acids is 3. The van der Waals surface area contributed by atoms with Crippen LogP contribution < -0.4 is 5.11 Å². The normalized spacial score (nSPS) is 13.2. The quantitative estimate of drug-likeness (QED) is 0.0195. The van der Waals surface area contributed by atoms with Gasteiger partial charge in [0, 0.05) is 12.8 Å². The number of rotatable bonds is 77. The Hall–Kier alpha value is -4.05. The van der Waals surface area contributed by atoms with E-state index in [4.69, 9.17) is 18.9 Å². The van der Waals surface area contributed by atoms with E-state index < -0.39 is 24.3 Å². The van der Waals surface area contributed by atoms with Crippen LogP contribution in [0.4, 0.5) is 0 Å². The molecule has 0 bridgehead atoms. The number of likely N-dealkylation sites (N-methyl/N-ethyl adjacent to an activating group) is 1. The molecule has 0 spiro atoms. The van der Waals surface area contributed by atoms with Gasteiger partial charge in [0.05, 0.1) is 40.3 Å². The highest BCUT2D eigenvalue weighted by Gasteiger charge is 2.22. The average molecular weight is 1370 g/mol. The first-order valence-corrected chi connectivity index (χ1v) is 41.5. The number of carboxylic acids is 1. The van der Waals surface area contributed by atoms with Crippen molar-refractivity contribution in [1.29, 1.82) is 0 Å². The third-order valence-corrected chi connectivity index (χ3v) is 18.3. The summed E-state index contributed by atoms with van der Waals surface area (Å²) < 4.78 is 22.9. The number of hydrogen-bond donors (Lipinski definition) is 0. The Kier molecular flexibility index (Phi) is 75.4. The lowest BCUT2D eigenvalue weighted by atomic mass is 10.0. The lowest BCUT2D eigenvalue weighted by molar-refractivity contribution is -0.870. The van der Waals surface area contributed by atoms with Crippen molar-refractivity contribution in [3.8, 4) is 0 Å². The van der Waals surface area contributed by atoms with Crippen LogP contribution in [0.1, 0.15) is 380 Å². The number of carboxylic acid groups (broad SMARTS) is 1. The fraction of sp³-hybridized carbons (Fsp3) is 0.764. The second-order valence-electron chi connectivity index (χ2n) is 29.0. The lowest BCUT2D eigenvalue weighted by Gasteiger charge is -2.26. The Bertz CT molecular complexity index is 1990. The van der Waals surface area contributed by atoms with Crippen molar-refractivity contribution in [2.75, 3.05) is 47.5 Å². The van der Waals surface area contributed by atoms with Gasteiger partial charge in [-0.05, 0) is 83.5 Å². The van der Waals surface area contributed by atoms with Crippen LogP contribution in [0.5, 0.6) is 0 Å². The average Bonchev–Trinajstić information content (AvgIpc) is 1.40. The largest absolute Gasteiger partial charge is 0.545 e. The smallest absolute Gasteiger partial charge is 0.306 e. The molecule has 0 heterocycles. The standard InChI is InChI=1S/C89H157NO8/c1-6-8-10-12-14-16-18-20-22-24-26-28-30-32-34-36-38-40-41-42-43-44-45-46-47-48-50-52-54-56-58-60-62-64-66-68-70-72-74-76-78-80-87(92)98-85(84-97-89(88(93)94)95-82-81-90(3,4)5)83-96-86(91)79-77-75-73-71-69-67-65-63-61-59-57-55-53-51-49-39-37-35-33-31-29-27-25-23-21-19-17-15-13-11-9-7-2/h8,10,14,16,20,22,26,28,32,34,38,40,42-43,45-46,48,50,85,89H,6-7,9,11-13,15,17-19,21,23-25,27,29-31,33,35-37,39,41,44,47,49,51-84H2,1-5H3/b10-8-,16-14-,22-20-,28-26-,34-32-,40-38-,43-42-,46-45-,50-48-. The van der Waals surface area contributed by atoms with Crippen LogP contribution in [0.2, 0.25) is 0 Å². The predicted molar refractivity (Wildman–Crippen MR) is 421 cm³/mol. The molecular weight excluding hydrogens is 1210 g/mol. The lowest BCUT2D eigenvalue weighted by Crippen LogP contribution is -2.44. The molecule has 0 aliphatic carbocycles. The van der Waals surface area contributed by atoms with E-state index in [1.165, 1.54) is 250 Å². The maximum absolute atomic E-state index is 13.0. The highest BCUT2D eigenvalue weighted by atomic mass is 16.7. The van der Waals surface area contributed by atoms with Crippen LogP contribution in [0.3, 0.4) is 0 Å². The number of hydrogen-bond acceptors (Lipinski definition) is 8. The molecule has 0 saturated carbocycles. The number of carbonyl (C=O) groups is 3. The Morgan fingerprint density at radius 3 is 0.867 bits per heavy atom. The number of esters is 2.